The first-order chi connectivity index (χ1) is 8.07. The molecule has 1 aromatic rings. The van der Waals surface area contributed by atoms with Crippen LogP contribution in [0.5, 0.6) is 0 Å². The molecular weight excluding hydrogens is 266 g/mol. The van der Waals surface area contributed by atoms with Gasteiger partial charge in [-0.3, -0.25) is 0 Å². The van der Waals surface area contributed by atoms with E-state index >= 15 is 0 Å². The summed E-state index contributed by atoms with van der Waals surface area (Å²) < 4.78 is 36.0. The maximum Gasteiger partial charge on any atom is 0.276 e. The third-order valence-electron chi connectivity index (χ3n) is 2.80. The number of nitrogens with zero attached hydrogens (tertiary/aromatic N) is 1. The van der Waals surface area contributed by atoms with E-state index in [4.69, 9.17) is 20.8 Å². The molecule has 2 rings (SSSR count). The van der Waals surface area contributed by atoms with Crippen LogP contribution in [0.4, 0.5) is 0 Å². The van der Waals surface area contributed by atoms with Crippen molar-refractivity contribution in [2.75, 3.05) is 20.2 Å². The summed E-state index contributed by atoms with van der Waals surface area (Å²) in [5.41, 5.74) is 0. The zero-order chi connectivity index (χ0) is 12.5. The molecule has 17 heavy (non-hydrogen) atoms. The highest BCUT2D eigenvalue weighted by Gasteiger charge is 2.34. The van der Waals surface area contributed by atoms with Gasteiger partial charge in [0.25, 0.3) is 10.0 Å². The average molecular weight is 280 g/mol. The van der Waals surface area contributed by atoms with Gasteiger partial charge in [0.05, 0.1) is 12.0 Å². The molecule has 1 aliphatic heterocycles. The lowest BCUT2D eigenvalue weighted by atomic mass is 10.3. The number of methoxy groups -OCH3 is 1. The summed E-state index contributed by atoms with van der Waals surface area (Å²) >= 11 is 5.57. The van der Waals surface area contributed by atoms with E-state index in [9.17, 15) is 8.42 Å². The predicted molar refractivity (Wildman–Crippen MR) is 62.4 cm³/mol. The Labute approximate surface area is 105 Å². The van der Waals surface area contributed by atoms with Gasteiger partial charge in [-0.25, -0.2) is 8.42 Å². The highest BCUT2D eigenvalue weighted by molar-refractivity contribution is 7.89. The minimum absolute atomic E-state index is 0.0350. The number of rotatable bonds is 4. The van der Waals surface area contributed by atoms with Crippen molar-refractivity contribution in [1.82, 2.24) is 4.31 Å². The highest BCUT2D eigenvalue weighted by atomic mass is 35.5. The summed E-state index contributed by atoms with van der Waals surface area (Å²) in [6, 6.07) is 3.01. The molecule has 2 heterocycles. The Balaban J connectivity index is 2.19. The smallest absolute Gasteiger partial charge is 0.276 e. The average Bonchev–Trinajstić information content (AvgIpc) is 2.98. The monoisotopic (exact) mass is 279 g/mol. The molecule has 0 saturated carbocycles. The molecule has 5 nitrogen and oxygen atoms in total. The zero-order valence-electron chi connectivity index (χ0n) is 9.43. The van der Waals surface area contributed by atoms with Gasteiger partial charge in [0.2, 0.25) is 5.09 Å². The van der Waals surface area contributed by atoms with Crippen molar-refractivity contribution in [2.24, 2.45) is 0 Å². The van der Waals surface area contributed by atoms with Gasteiger partial charge in [-0.05, 0) is 18.6 Å². The summed E-state index contributed by atoms with van der Waals surface area (Å²) in [6.45, 7) is 0.827. The van der Waals surface area contributed by atoms with E-state index < -0.39 is 10.0 Å². The maximum absolute atomic E-state index is 12.2. The number of alkyl halides is 1. The standard InChI is InChI=1S/C10H14ClNO4S/c1-15-9-4-5-12(7-9)17(13,14)10-3-2-8(6-11)16-10/h2-3,9H,4-7H2,1H3. The second-order valence-corrected chi connectivity index (χ2v) is 6.00. The van der Waals surface area contributed by atoms with Gasteiger partial charge in [-0.2, -0.15) is 4.31 Å². The third kappa shape index (κ3) is 2.49. The van der Waals surface area contributed by atoms with E-state index in [1.165, 1.54) is 10.4 Å². The first-order valence-corrected chi connectivity index (χ1v) is 7.23. The van der Waals surface area contributed by atoms with Gasteiger partial charge < -0.3 is 9.15 Å². The topological polar surface area (TPSA) is 59.8 Å². The molecule has 1 fully saturated rings. The van der Waals surface area contributed by atoms with Crippen LogP contribution in [0.25, 0.3) is 0 Å². The van der Waals surface area contributed by atoms with Crippen LogP contribution in [0.1, 0.15) is 12.2 Å². The van der Waals surface area contributed by atoms with Crippen LogP contribution in [0.3, 0.4) is 0 Å². The quantitative estimate of drug-likeness (QED) is 0.782. The Bertz CT molecular complexity index is 484. The Morgan fingerprint density at radius 3 is 2.88 bits per heavy atom. The molecule has 7 heteroatoms. The molecule has 1 unspecified atom stereocenters. The molecule has 0 spiro atoms. The number of hydrogen-bond acceptors (Lipinski definition) is 4. The number of sulfonamides is 1. The van der Waals surface area contributed by atoms with E-state index in [2.05, 4.69) is 0 Å². The van der Waals surface area contributed by atoms with Crippen molar-refractivity contribution in [3.63, 3.8) is 0 Å². The summed E-state index contributed by atoms with van der Waals surface area (Å²) in [4.78, 5) is 0. The summed E-state index contributed by atoms with van der Waals surface area (Å²) in [5, 5.41) is -0.0510. The van der Waals surface area contributed by atoms with Crippen molar-refractivity contribution in [3.05, 3.63) is 17.9 Å². The van der Waals surface area contributed by atoms with Gasteiger partial charge in [-0.1, -0.05) is 0 Å². The van der Waals surface area contributed by atoms with Crippen molar-refractivity contribution < 1.29 is 17.6 Å². The highest BCUT2D eigenvalue weighted by Crippen LogP contribution is 2.24. The molecule has 0 bridgehead atoms. The molecule has 0 N–H and O–H groups in total. The molecule has 1 atom stereocenters. The Morgan fingerprint density at radius 2 is 2.35 bits per heavy atom. The lowest BCUT2D eigenvalue weighted by Crippen LogP contribution is -2.29. The van der Waals surface area contributed by atoms with Crippen LogP contribution < -0.4 is 0 Å². The maximum atomic E-state index is 12.2. The number of hydrogen-bond donors (Lipinski definition) is 0. The molecule has 96 valence electrons. The van der Waals surface area contributed by atoms with Crippen molar-refractivity contribution in [2.45, 2.75) is 23.5 Å². The molecule has 0 radical (unpaired) electrons. The first kappa shape index (κ1) is 12.9. The number of halogens is 1. The van der Waals surface area contributed by atoms with Gasteiger partial charge in [0.15, 0.2) is 0 Å². The van der Waals surface area contributed by atoms with Crippen molar-refractivity contribution in [3.8, 4) is 0 Å². The van der Waals surface area contributed by atoms with E-state index in [1.54, 1.807) is 13.2 Å². The van der Waals surface area contributed by atoms with Crippen molar-refractivity contribution >= 4 is 21.6 Å². The fraction of sp³-hybridized carbons (Fsp3) is 0.600. The van der Waals surface area contributed by atoms with E-state index in [0.29, 0.717) is 25.3 Å². The zero-order valence-corrected chi connectivity index (χ0v) is 11.0. The largest absolute Gasteiger partial charge is 0.447 e. The summed E-state index contributed by atoms with van der Waals surface area (Å²) in [7, 11) is -1.96. The number of furan rings is 1. The SMILES string of the molecule is COC1CCN(S(=O)(=O)c2ccc(CCl)o2)C1. The lowest BCUT2D eigenvalue weighted by molar-refractivity contribution is 0.115. The van der Waals surface area contributed by atoms with Crippen molar-refractivity contribution in [1.29, 1.82) is 0 Å². The van der Waals surface area contributed by atoms with Crippen LogP contribution in [0.2, 0.25) is 0 Å². The van der Waals surface area contributed by atoms with Gasteiger partial charge >= 0.3 is 0 Å². The molecule has 0 aromatic carbocycles. The Hall–Kier alpha value is -0.560. The van der Waals surface area contributed by atoms with E-state index in [0.717, 1.165) is 0 Å². The van der Waals surface area contributed by atoms with E-state index in [-0.39, 0.29) is 17.1 Å². The molecule has 0 amide bonds. The fourth-order valence-electron chi connectivity index (χ4n) is 1.80. The minimum atomic E-state index is -3.54. The van der Waals surface area contributed by atoms with Crippen LogP contribution in [-0.4, -0.2) is 39.0 Å². The van der Waals surface area contributed by atoms with Gasteiger partial charge in [-0.15, -0.1) is 11.6 Å². The Kier molecular flexibility index (Phi) is 3.77. The van der Waals surface area contributed by atoms with Crippen LogP contribution >= 0.6 is 11.6 Å². The van der Waals surface area contributed by atoms with Crippen LogP contribution in [-0.2, 0) is 20.6 Å². The molecule has 1 saturated heterocycles. The lowest BCUT2D eigenvalue weighted by Gasteiger charge is -2.13. The summed E-state index contributed by atoms with van der Waals surface area (Å²) in [5.74, 6) is 0.615. The molecule has 0 aliphatic carbocycles. The first-order valence-electron chi connectivity index (χ1n) is 5.25. The van der Waals surface area contributed by atoms with Crippen LogP contribution in [0.15, 0.2) is 21.6 Å². The van der Waals surface area contributed by atoms with Crippen LogP contribution in [0, 0.1) is 0 Å². The molecule has 1 aromatic heterocycles. The fourth-order valence-corrected chi connectivity index (χ4v) is 3.36. The summed E-state index contributed by atoms with van der Waals surface area (Å²) in [6.07, 6.45) is 0.672. The second kappa shape index (κ2) is 4.97. The Morgan fingerprint density at radius 1 is 1.59 bits per heavy atom. The third-order valence-corrected chi connectivity index (χ3v) is 4.81. The second-order valence-electron chi connectivity index (χ2n) is 3.86. The van der Waals surface area contributed by atoms with E-state index in [1.807, 2.05) is 0 Å². The predicted octanol–water partition coefficient (Wildman–Crippen LogP) is 1.43. The molecular formula is C10H14ClNO4S. The minimum Gasteiger partial charge on any atom is -0.447 e. The molecule has 1 aliphatic rings. The van der Waals surface area contributed by atoms with Gasteiger partial charge in [0.1, 0.15) is 5.76 Å². The normalized spacial score (nSPS) is 22.1. The number of ether oxygens (including phenoxy) is 1. The van der Waals surface area contributed by atoms with Gasteiger partial charge in [0, 0.05) is 20.2 Å².